The van der Waals surface area contributed by atoms with E-state index in [1.807, 2.05) is 0 Å². The third-order valence-corrected chi connectivity index (χ3v) is 6.78. The average Bonchev–Trinajstić information content (AvgIpc) is 3.11. The summed E-state index contributed by atoms with van der Waals surface area (Å²) < 4.78 is 69.6. The molecule has 0 amide bonds. The summed E-state index contributed by atoms with van der Waals surface area (Å²) >= 11 is 3.28. The molecule has 1 aliphatic heterocycles. The molecule has 0 saturated carbocycles. The van der Waals surface area contributed by atoms with Crippen molar-refractivity contribution in [3.8, 4) is 0 Å². The number of fused-ring (bicyclic) bond motifs is 3. The van der Waals surface area contributed by atoms with Gasteiger partial charge in [0, 0.05) is 4.47 Å². The molecule has 2 heterocycles. The van der Waals surface area contributed by atoms with E-state index in [1.54, 1.807) is 37.3 Å². The van der Waals surface area contributed by atoms with Gasteiger partial charge in [0.15, 0.2) is 6.04 Å². The highest BCUT2D eigenvalue weighted by molar-refractivity contribution is 9.10. The van der Waals surface area contributed by atoms with Gasteiger partial charge >= 0.3 is 6.18 Å². The van der Waals surface area contributed by atoms with Crippen molar-refractivity contribution in [1.29, 1.82) is 0 Å². The van der Waals surface area contributed by atoms with Crippen molar-refractivity contribution < 1.29 is 21.6 Å². The van der Waals surface area contributed by atoms with Crippen LogP contribution in [-0.4, -0.2) is 30.2 Å². The lowest BCUT2D eigenvalue weighted by atomic mass is 10.2. The molecule has 3 aromatic rings. The second-order valence-corrected chi connectivity index (χ2v) is 9.06. The molecule has 0 saturated heterocycles. The molecule has 0 bridgehead atoms. The fourth-order valence-corrected chi connectivity index (χ4v) is 5.08. The molecule has 142 valence electrons. The molecular weight excluding hydrogens is 447 g/mol. The number of alkyl halides is 3. The molecule has 0 fully saturated rings. The van der Waals surface area contributed by atoms with Gasteiger partial charge in [-0.2, -0.15) is 13.2 Å². The molecule has 5 nitrogen and oxygen atoms in total. The molecule has 2 aromatic carbocycles. The first-order valence-corrected chi connectivity index (χ1v) is 10.2. The van der Waals surface area contributed by atoms with Gasteiger partial charge in [0.05, 0.1) is 22.5 Å². The van der Waals surface area contributed by atoms with Crippen LogP contribution >= 0.6 is 15.9 Å². The third kappa shape index (κ3) is 2.91. The first-order chi connectivity index (χ1) is 12.6. The van der Waals surface area contributed by atoms with Crippen LogP contribution in [0.15, 0.2) is 51.8 Å². The maximum absolute atomic E-state index is 13.7. The maximum atomic E-state index is 13.7. The molecule has 1 unspecified atom stereocenters. The summed E-state index contributed by atoms with van der Waals surface area (Å²) in [5, 5.41) is 0. The highest BCUT2D eigenvalue weighted by Gasteiger charge is 2.54. The van der Waals surface area contributed by atoms with Crippen LogP contribution in [0, 0.1) is 6.92 Å². The fourth-order valence-electron chi connectivity index (χ4n) is 3.15. The summed E-state index contributed by atoms with van der Waals surface area (Å²) in [7, 11) is -4.44. The van der Waals surface area contributed by atoms with Crippen LogP contribution in [0.3, 0.4) is 0 Å². The van der Waals surface area contributed by atoms with E-state index in [1.165, 1.54) is 16.7 Å². The molecule has 0 radical (unpaired) electrons. The number of imidazole rings is 1. The molecule has 10 heteroatoms. The Bertz CT molecular complexity index is 1140. The summed E-state index contributed by atoms with van der Waals surface area (Å²) in [4.78, 5) is 3.97. The molecule has 27 heavy (non-hydrogen) atoms. The summed E-state index contributed by atoms with van der Waals surface area (Å²) in [5.41, 5.74) is 1.67. The minimum absolute atomic E-state index is 0.205. The van der Waals surface area contributed by atoms with Gasteiger partial charge < -0.3 is 4.57 Å². The smallest absolute Gasteiger partial charge is 0.307 e. The number of hydrogen-bond acceptors (Lipinski definition) is 3. The number of sulfonamides is 1. The second kappa shape index (κ2) is 5.96. The molecule has 0 aliphatic carbocycles. The van der Waals surface area contributed by atoms with E-state index in [9.17, 15) is 21.6 Å². The van der Waals surface area contributed by atoms with E-state index in [0.717, 1.165) is 5.56 Å². The largest absolute Gasteiger partial charge is 0.411 e. The number of hydrogen-bond donors (Lipinski definition) is 0. The highest BCUT2D eigenvalue weighted by Crippen LogP contribution is 2.41. The number of anilines is 1. The Kier molecular flexibility index (Phi) is 4.04. The SMILES string of the molecule is Cc1ccc(S(=O)(=O)N2c3nc4ccc(Br)cc4n3CC2C(F)(F)F)cc1. The monoisotopic (exact) mass is 459 g/mol. The Morgan fingerprint density at radius 3 is 2.44 bits per heavy atom. The van der Waals surface area contributed by atoms with Gasteiger partial charge in [0.25, 0.3) is 10.0 Å². The Hall–Kier alpha value is -2.07. The first kappa shape index (κ1) is 18.3. The van der Waals surface area contributed by atoms with Crippen LogP contribution in [0.4, 0.5) is 19.1 Å². The van der Waals surface area contributed by atoms with Crippen molar-refractivity contribution in [1.82, 2.24) is 9.55 Å². The Morgan fingerprint density at radius 1 is 1.15 bits per heavy atom. The van der Waals surface area contributed by atoms with Crippen molar-refractivity contribution in [2.45, 2.75) is 30.6 Å². The van der Waals surface area contributed by atoms with Crippen molar-refractivity contribution in [2.24, 2.45) is 0 Å². The average molecular weight is 460 g/mol. The van der Waals surface area contributed by atoms with Crippen LogP contribution in [0.2, 0.25) is 0 Å². The summed E-state index contributed by atoms with van der Waals surface area (Å²) in [6, 6.07) is 8.45. The minimum Gasteiger partial charge on any atom is -0.307 e. The van der Waals surface area contributed by atoms with Crippen molar-refractivity contribution in [2.75, 3.05) is 4.31 Å². The molecule has 0 spiro atoms. The lowest BCUT2D eigenvalue weighted by Crippen LogP contribution is -2.47. The normalized spacial score (nSPS) is 17.5. The number of aromatic nitrogens is 2. The standard InChI is InChI=1S/C17H13BrF3N3O2S/c1-10-2-5-12(6-3-10)27(25,26)24-15(17(19,20)21)9-23-14-8-11(18)4-7-13(14)22-16(23)24/h2-8,15H,9H2,1H3. The first-order valence-electron chi connectivity index (χ1n) is 7.92. The van der Waals surface area contributed by atoms with E-state index in [4.69, 9.17) is 0 Å². The summed E-state index contributed by atoms with van der Waals surface area (Å²) in [5.74, 6) is -0.231. The maximum Gasteiger partial charge on any atom is 0.411 e. The van der Waals surface area contributed by atoms with E-state index in [2.05, 4.69) is 20.9 Å². The third-order valence-electron chi connectivity index (χ3n) is 4.48. The van der Waals surface area contributed by atoms with Gasteiger partial charge in [-0.25, -0.2) is 17.7 Å². The van der Waals surface area contributed by atoms with E-state index in [0.29, 0.717) is 19.8 Å². The molecule has 1 aromatic heterocycles. The molecule has 1 atom stereocenters. The van der Waals surface area contributed by atoms with Gasteiger partial charge in [-0.3, -0.25) is 0 Å². The van der Waals surface area contributed by atoms with Crippen molar-refractivity contribution in [3.63, 3.8) is 0 Å². The van der Waals surface area contributed by atoms with Crippen LogP contribution in [0.5, 0.6) is 0 Å². The Labute approximate surface area is 161 Å². The van der Waals surface area contributed by atoms with Crippen molar-refractivity contribution >= 4 is 42.9 Å². The Morgan fingerprint density at radius 2 is 1.81 bits per heavy atom. The second-order valence-electron chi connectivity index (χ2n) is 6.33. The number of nitrogens with zero attached hydrogens (tertiary/aromatic N) is 3. The molecule has 1 aliphatic rings. The van der Waals surface area contributed by atoms with Gasteiger partial charge in [0.1, 0.15) is 0 Å². The van der Waals surface area contributed by atoms with Gasteiger partial charge in [-0.1, -0.05) is 33.6 Å². The molecule has 4 rings (SSSR count). The van der Waals surface area contributed by atoms with E-state index < -0.39 is 28.8 Å². The predicted molar refractivity (Wildman–Crippen MR) is 98.1 cm³/mol. The lowest BCUT2D eigenvalue weighted by molar-refractivity contribution is -0.145. The predicted octanol–water partition coefficient (Wildman–Crippen LogP) is 4.25. The number of aryl methyl sites for hydroxylation is 1. The molecular formula is C17H13BrF3N3O2S. The van der Waals surface area contributed by atoms with Crippen LogP contribution in [-0.2, 0) is 16.6 Å². The van der Waals surface area contributed by atoms with Crippen LogP contribution in [0.1, 0.15) is 5.56 Å². The fraction of sp³-hybridized carbons (Fsp3) is 0.235. The number of rotatable bonds is 2. The number of halogens is 4. The van der Waals surface area contributed by atoms with E-state index in [-0.39, 0.29) is 10.8 Å². The zero-order valence-electron chi connectivity index (χ0n) is 13.9. The minimum atomic E-state index is -4.74. The summed E-state index contributed by atoms with van der Waals surface area (Å²) in [6.07, 6.45) is -4.74. The highest BCUT2D eigenvalue weighted by atomic mass is 79.9. The zero-order valence-corrected chi connectivity index (χ0v) is 16.3. The van der Waals surface area contributed by atoms with Crippen LogP contribution < -0.4 is 4.31 Å². The van der Waals surface area contributed by atoms with E-state index >= 15 is 0 Å². The van der Waals surface area contributed by atoms with Gasteiger partial charge in [-0.15, -0.1) is 0 Å². The van der Waals surface area contributed by atoms with Crippen LogP contribution in [0.25, 0.3) is 11.0 Å². The zero-order chi connectivity index (χ0) is 19.6. The Balaban J connectivity index is 1.94. The topological polar surface area (TPSA) is 55.2 Å². The lowest BCUT2D eigenvalue weighted by Gasteiger charge is -2.26. The van der Waals surface area contributed by atoms with Gasteiger partial charge in [0.2, 0.25) is 5.95 Å². The quantitative estimate of drug-likeness (QED) is 0.575. The van der Waals surface area contributed by atoms with Crippen molar-refractivity contribution in [3.05, 3.63) is 52.5 Å². The van der Waals surface area contributed by atoms with Gasteiger partial charge in [-0.05, 0) is 37.3 Å². The molecule has 0 N–H and O–H groups in total. The number of benzene rings is 2. The summed E-state index contributed by atoms with van der Waals surface area (Å²) in [6.45, 7) is 1.22.